The normalized spacial score (nSPS) is 15.2. The molecule has 3 rings (SSSR count). The average molecular weight is 369 g/mol. The molecular weight excluding hydrogens is 350 g/mol. The minimum absolute atomic E-state index is 0.131. The minimum Gasteiger partial charge on any atom is -0.322 e. The first kappa shape index (κ1) is 18.1. The summed E-state index contributed by atoms with van der Waals surface area (Å²) in [6.07, 6.45) is 2.76. The van der Waals surface area contributed by atoms with Gasteiger partial charge in [0.2, 0.25) is 10.0 Å². The molecule has 0 unspecified atom stereocenters. The SMILES string of the molecule is N#Cc1ccc(NC(=O)c2cccc(S(=O)(=O)N3CCCCC3)c2)cc1. The number of carbonyl (C=O) groups is 1. The highest BCUT2D eigenvalue weighted by Gasteiger charge is 2.26. The Hall–Kier alpha value is -2.69. The molecule has 2 aromatic carbocycles. The smallest absolute Gasteiger partial charge is 0.255 e. The molecule has 26 heavy (non-hydrogen) atoms. The van der Waals surface area contributed by atoms with Gasteiger partial charge in [0, 0.05) is 24.3 Å². The number of carbonyl (C=O) groups excluding carboxylic acids is 1. The lowest BCUT2D eigenvalue weighted by molar-refractivity contribution is 0.102. The van der Waals surface area contributed by atoms with Crippen LogP contribution in [0.2, 0.25) is 0 Å². The molecular formula is C19H19N3O3S. The molecule has 1 saturated heterocycles. The Morgan fingerprint density at radius 2 is 1.73 bits per heavy atom. The minimum atomic E-state index is -3.58. The fourth-order valence-electron chi connectivity index (χ4n) is 2.88. The Morgan fingerprint density at radius 1 is 1.04 bits per heavy atom. The quantitative estimate of drug-likeness (QED) is 0.897. The number of hydrogen-bond donors (Lipinski definition) is 1. The molecule has 1 aliphatic heterocycles. The second kappa shape index (κ2) is 7.68. The third-order valence-electron chi connectivity index (χ3n) is 4.32. The topological polar surface area (TPSA) is 90.3 Å². The van der Waals surface area contributed by atoms with Crippen LogP contribution < -0.4 is 5.32 Å². The highest BCUT2D eigenvalue weighted by Crippen LogP contribution is 2.22. The molecule has 2 aromatic rings. The molecule has 0 bridgehead atoms. The van der Waals surface area contributed by atoms with Crippen LogP contribution in [0.5, 0.6) is 0 Å². The molecule has 1 amide bonds. The zero-order valence-corrected chi connectivity index (χ0v) is 15.0. The summed E-state index contributed by atoms with van der Waals surface area (Å²) < 4.78 is 27.0. The van der Waals surface area contributed by atoms with Crippen molar-refractivity contribution in [2.24, 2.45) is 0 Å². The van der Waals surface area contributed by atoms with E-state index in [1.807, 2.05) is 6.07 Å². The van der Waals surface area contributed by atoms with Gasteiger partial charge in [0.05, 0.1) is 16.5 Å². The van der Waals surface area contributed by atoms with Gasteiger partial charge in [-0.2, -0.15) is 9.57 Å². The van der Waals surface area contributed by atoms with E-state index in [4.69, 9.17) is 5.26 Å². The van der Waals surface area contributed by atoms with E-state index in [0.29, 0.717) is 24.3 Å². The molecule has 0 spiro atoms. The van der Waals surface area contributed by atoms with Gasteiger partial charge in [0.1, 0.15) is 0 Å². The van der Waals surface area contributed by atoms with Crippen molar-refractivity contribution in [1.29, 1.82) is 5.26 Å². The molecule has 1 fully saturated rings. The van der Waals surface area contributed by atoms with Gasteiger partial charge in [0.15, 0.2) is 0 Å². The van der Waals surface area contributed by atoms with Crippen LogP contribution >= 0.6 is 0 Å². The van der Waals surface area contributed by atoms with Crippen molar-refractivity contribution in [3.8, 4) is 6.07 Å². The first-order valence-corrected chi connectivity index (χ1v) is 9.86. The second-order valence-electron chi connectivity index (χ2n) is 6.14. The number of nitrogens with zero attached hydrogens (tertiary/aromatic N) is 2. The molecule has 0 atom stereocenters. The summed E-state index contributed by atoms with van der Waals surface area (Å²) in [6.45, 7) is 1.04. The highest BCUT2D eigenvalue weighted by molar-refractivity contribution is 7.89. The fraction of sp³-hybridized carbons (Fsp3) is 0.263. The summed E-state index contributed by atoms with van der Waals surface area (Å²) in [7, 11) is -3.58. The second-order valence-corrected chi connectivity index (χ2v) is 8.07. The Kier molecular flexibility index (Phi) is 5.35. The van der Waals surface area contributed by atoms with Crippen molar-refractivity contribution in [3.05, 3.63) is 59.7 Å². The Balaban J connectivity index is 1.79. The summed E-state index contributed by atoms with van der Waals surface area (Å²) in [5.74, 6) is -0.398. The molecule has 0 saturated carbocycles. The van der Waals surface area contributed by atoms with E-state index in [2.05, 4.69) is 5.32 Å². The van der Waals surface area contributed by atoms with E-state index >= 15 is 0 Å². The number of benzene rings is 2. The number of hydrogen-bond acceptors (Lipinski definition) is 4. The standard InChI is InChI=1S/C19H19N3O3S/c20-14-15-7-9-17(10-8-15)21-19(23)16-5-4-6-18(13-16)26(24,25)22-11-2-1-3-12-22/h4-10,13H,1-3,11-12H2,(H,21,23). The van der Waals surface area contributed by atoms with Crippen molar-refractivity contribution in [2.45, 2.75) is 24.2 Å². The highest BCUT2D eigenvalue weighted by atomic mass is 32.2. The summed E-state index contributed by atoms with van der Waals surface area (Å²) in [5.41, 5.74) is 1.31. The lowest BCUT2D eigenvalue weighted by Gasteiger charge is -2.26. The molecule has 7 heteroatoms. The average Bonchev–Trinajstić information content (AvgIpc) is 2.69. The zero-order chi connectivity index (χ0) is 18.6. The van der Waals surface area contributed by atoms with Gasteiger partial charge in [-0.25, -0.2) is 8.42 Å². The number of nitrogens with one attached hydrogen (secondary N) is 1. The largest absolute Gasteiger partial charge is 0.322 e. The van der Waals surface area contributed by atoms with Gasteiger partial charge in [-0.3, -0.25) is 4.79 Å². The van der Waals surface area contributed by atoms with Crippen LogP contribution in [0.15, 0.2) is 53.4 Å². The number of rotatable bonds is 4. The molecule has 1 N–H and O–H groups in total. The molecule has 1 aliphatic rings. The number of sulfonamides is 1. The van der Waals surface area contributed by atoms with Gasteiger partial charge in [-0.15, -0.1) is 0 Å². The number of amides is 1. The number of piperidine rings is 1. The first-order chi connectivity index (χ1) is 12.5. The fourth-order valence-corrected chi connectivity index (χ4v) is 4.45. The van der Waals surface area contributed by atoms with Gasteiger partial charge >= 0.3 is 0 Å². The van der Waals surface area contributed by atoms with Gasteiger partial charge in [0.25, 0.3) is 5.91 Å². The summed E-state index contributed by atoms with van der Waals surface area (Å²) in [6, 6.07) is 14.6. The van der Waals surface area contributed by atoms with Crippen molar-refractivity contribution in [2.75, 3.05) is 18.4 Å². The Bertz CT molecular complexity index is 941. The van der Waals surface area contributed by atoms with Crippen LogP contribution in [0, 0.1) is 11.3 Å². The van der Waals surface area contributed by atoms with Crippen LogP contribution in [-0.4, -0.2) is 31.7 Å². The molecule has 6 nitrogen and oxygen atoms in total. The monoisotopic (exact) mass is 369 g/mol. The predicted octanol–water partition coefficient (Wildman–Crippen LogP) is 2.99. The van der Waals surface area contributed by atoms with Gasteiger partial charge in [-0.05, 0) is 55.3 Å². The lowest BCUT2D eigenvalue weighted by Crippen LogP contribution is -2.35. The predicted molar refractivity (Wildman–Crippen MR) is 98.2 cm³/mol. The molecule has 134 valence electrons. The van der Waals surface area contributed by atoms with Gasteiger partial charge < -0.3 is 5.32 Å². The maximum absolute atomic E-state index is 12.8. The van der Waals surface area contributed by atoms with E-state index in [-0.39, 0.29) is 10.5 Å². The summed E-state index contributed by atoms with van der Waals surface area (Å²) >= 11 is 0. The Morgan fingerprint density at radius 3 is 2.38 bits per heavy atom. The van der Waals surface area contributed by atoms with Crippen molar-refractivity contribution in [1.82, 2.24) is 4.31 Å². The third kappa shape index (κ3) is 3.93. The van der Waals surface area contributed by atoms with E-state index in [9.17, 15) is 13.2 Å². The van der Waals surface area contributed by atoms with Crippen LogP contribution in [0.3, 0.4) is 0 Å². The van der Waals surface area contributed by atoms with Crippen LogP contribution in [-0.2, 0) is 10.0 Å². The summed E-state index contributed by atoms with van der Waals surface area (Å²) in [5, 5.41) is 11.5. The van der Waals surface area contributed by atoms with Gasteiger partial charge in [-0.1, -0.05) is 12.5 Å². The third-order valence-corrected chi connectivity index (χ3v) is 6.22. The van der Waals surface area contributed by atoms with E-state index in [0.717, 1.165) is 19.3 Å². The van der Waals surface area contributed by atoms with Crippen LogP contribution in [0.1, 0.15) is 35.2 Å². The lowest BCUT2D eigenvalue weighted by atomic mass is 10.2. The maximum atomic E-state index is 12.8. The maximum Gasteiger partial charge on any atom is 0.255 e. The molecule has 0 aliphatic carbocycles. The van der Waals surface area contributed by atoms with Crippen LogP contribution in [0.25, 0.3) is 0 Å². The zero-order valence-electron chi connectivity index (χ0n) is 14.2. The number of anilines is 1. The summed E-state index contributed by atoms with van der Waals surface area (Å²) in [4.78, 5) is 12.6. The molecule has 0 radical (unpaired) electrons. The number of nitriles is 1. The van der Waals surface area contributed by atoms with Crippen molar-refractivity contribution < 1.29 is 13.2 Å². The van der Waals surface area contributed by atoms with Crippen LogP contribution in [0.4, 0.5) is 5.69 Å². The first-order valence-electron chi connectivity index (χ1n) is 8.42. The van der Waals surface area contributed by atoms with E-state index in [1.165, 1.54) is 16.4 Å². The van der Waals surface area contributed by atoms with E-state index < -0.39 is 15.9 Å². The molecule has 0 aromatic heterocycles. The molecule has 1 heterocycles. The van der Waals surface area contributed by atoms with Crippen molar-refractivity contribution >= 4 is 21.6 Å². The van der Waals surface area contributed by atoms with Crippen molar-refractivity contribution in [3.63, 3.8) is 0 Å². The Labute approximate surface area is 153 Å². The van der Waals surface area contributed by atoms with E-state index in [1.54, 1.807) is 36.4 Å².